The van der Waals surface area contributed by atoms with Crippen molar-refractivity contribution in [1.29, 1.82) is 0 Å². The third-order valence-electron chi connectivity index (χ3n) is 3.10. The number of Topliss-reactive ketones (excluding diaryl/α,β-unsaturated/α-hetero) is 1. The summed E-state index contributed by atoms with van der Waals surface area (Å²) in [4.78, 5) is 34.7. The molecular weight excluding hydrogens is 294 g/mol. The van der Waals surface area contributed by atoms with Crippen LogP contribution in [0.1, 0.15) is 16.2 Å². The summed E-state index contributed by atoms with van der Waals surface area (Å²) in [7, 11) is 0. The highest BCUT2D eigenvalue weighted by molar-refractivity contribution is 5.97. The van der Waals surface area contributed by atoms with E-state index in [0.29, 0.717) is 11.4 Å². The average molecular weight is 307 g/mol. The fraction of sp³-hybridized carbons (Fsp3) is 0.0588. The zero-order valence-corrected chi connectivity index (χ0v) is 12.1. The van der Waals surface area contributed by atoms with Gasteiger partial charge >= 0.3 is 5.97 Å². The lowest BCUT2D eigenvalue weighted by Gasteiger charge is -2.00. The Labute approximate surface area is 131 Å². The molecule has 0 aliphatic carbocycles. The molecular formula is C17H13N3O3. The molecule has 0 saturated heterocycles. The standard InChI is InChI=1S/C17H13N3O3/c21-16(15-6-3-9-18-15)11-23-17(22)8-7-12-10-19-13-4-1-2-5-14(13)20-12/h1-10,18H,11H2. The molecule has 0 spiro atoms. The number of esters is 1. The predicted octanol–water partition coefficient (Wildman–Crippen LogP) is 2.40. The van der Waals surface area contributed by atoms with Crippen LogP contribution in [0.15, 0.2) is 54.9 Å². The van der Waals surface area contributed by atoms with Gasteiger partial charge in [0, 0.05) is 12.3 Å². The summed E-state index contributed by atoms with van der Waals surface area (Å²) in [6.45, 7) is -0.312. The highest BCUT2D eigenvalue weighted by Gasteiger charge is 2.08. The number of aromatic amines is 1. The van der Waals surface area contributed by atoms with Crippen LogP contribution < -0.4 is 0 Å². The van der Waals surface area contributed by atoms with Crippen LogP contribution in [0.4, 0.5) is 0 Å². The Morgan fingerprint density at radius 1 is 1.13 bits per heavy atom. The summed E-state index contributed by atoms with van der Waals surface area (Å²) in [6.07, 6.45) is 5.92. The number of nitrogens with one attached hydrogen (secondary N) is 1. The highest BCUT2D eigenvalue weighted by atomic mass is 16.5. The second-order valence-corrected chi connectivity index (χ2v) is 4.73. The lowest BCUT2D eigenvalue weighted by atomic mass is 10.3. The molecule has 2 heterocycles. The number of rotatable bonds is 5. The molecule has 6 heteroatoms. The van der Waals surface area contributed by atoms with Gasteiger partial charge in [-0.25, -0.2) is 9.78 Å². The van der Waals surface area contributed by atoms with E-state index >= 15 is 0 Å². The molecule has 3 aromatic rings. The lowest BCUT2D eigenvalue weighted by molar-refractivity contribution is -0.136. The molecule has 0 amide bonds. The van der Waals surface area contributed by atoms with Crippen LogP contribution in [0.25, 0.3) is 17.1 Å². The van der Waals surface area contributed by atoms with E-state index in [9.17, 15) is 9.59 Å². The van der Waals surface area contributed by atoms with Gasteiger partial charge in [0.1, 0.15) is 0 Å². The summed E-state index contributed by atoms with van der Waals surface area (Å²) in [5.74, 6) is -0.901. The van der Waals surface area contributed by atoms with E-state index < -0.39 is 5.97 Å². The Kier molecular flexibility index (Phi) is 4.24. The van der Waals surface area contributed by atoms with Gasteiger partial charge in [-0.2, -0.15) is 0 Å². The molecule has 6 nitrogen and oxygen atoms in total. The molecule has 2 aromatic heterocycles. The first-order chi connectivity index (χ1) is 11.2. The number of fused-ring (bicyclic) bond motifs is 1. The monoisotopic (exact) mass is 307 g/mol. The first kappa shape index (κ1) is 14.6. The van der Waals surface area contributed by atoms with Crippen molar-refractivity contribution in [2.75, 3.05) is 6.61 Å². The second-order valence-electron chi connectivity index (χ2n) is 4.73. The van der Waals surface area contributed by atoms with Gasteiger partial charge in [0.05, 0.1) is 28.6 Å². The highest BCUT2D eigenvalue weighted by Crippen LogP contribution is 2.09. The molecule has 3 rings (SSSR count). The normalized spacial score (nSPS) is 11.0. The quantitative estimate of drug-likeness (QED) is 0.444. The number of carbonyl (C=O) groups is 2. The average Bonchev–Trinajstić information content (AvgIpc) is 3.12. The molecule has 0 fully saturated rings. The Morgan fingerprint density at radius 2 is 1.96 bits per heavy atom. The molecule has 114 valence electrons. The summed E-state index contributed by atoms with van der Waals surface area (Å²) >= 11 is 0. The maximum Gasteiger partial charge on any atom is 0.331 e. The number of hydrogen-bond acceptors (Lipinski definition) is 5. The van der Waals surface area contributed by atoms with E-state index in [1.54, 1.807) is 24.5 Å². The minimum absolute atomic E-state index is 0.290. The van der Waals surface area contributed by atoms with Gasteiger partial charge in [0.25, 0.3) is 0 Å². The lowest BCUT2D eigenvalue weighted by Crippen LogP contribution is -2.12. The van der Waals surface area contributed by atoms with Gasteiger partial charge in [-0.1, -0.05) is 12.1 Å². The minimum atomic E-state index is -0.611. The molecule has 0 aliphatic heterocycles. The van der Waals surface area contributed by atoms with Crippen LogP contribution in [0.2, 0.25) is 0 Å². The SMILES string of the molecule is O=C(C=Cc1cnc2ccccc2n1)OCC(=O)c1ccc[nH]1. The van der Waals surface area contributed by atoms with Gasteiger partial charge in [-0.15, -0.1) is 0 Å². The third kappa shape index (κ3) is 3.68. The van der Waals surface area contributed by atoms with E-state index in [1.807, 2.05) is 24.3 Å². The van der Waals surface area contributed by atoms with E-state index in [2.05, 4.69) is 15.0 Å². The largest absolute Gasteiger partial charge is 0.454 e. The molecule has 0 atom stereocenters. The number of aromatic nitrogens is 3. The van der Waals surface area contributed by atoms with Crippen LogP contribution >= 0.6 is 0 Å². The number of benzene rings is 1. The van der Waals surface area contributed by atoms with Crippen molar-refractivity contribution >= 4 is 28.9 Å². The molecule has 23 heavy (non-hydrogen) atoms. The van der Waals surface area contributed by atoms with Crippen LogP contribution in [-0.2, 0) is 9.53 Å². The number of ketones is 1. The van der Waals surface area contributed by atoms with Crippen molar-refractivity contribution in [1.82, 2.24) is 15.0 Å². The number of ether oxygens (including phenoxy) is 1. The molecule has 0 aliphatic rings. The fourth-order valence-electron chi connectivity index (χ4n) is 1.97. The summed E-state index contributed by atoms with van der Waals surface area (Å²) in [5, 5.41) is 0. The van der Waals surface area contributed by atoms with Crippen LogP contribution in [0.3, 0.4) is 0 Å². The third-order valence-corrected chi connectivity index (χ3v) is 3.10. The van der Waals surface area contributed by atoms with E-state index in [4.69, 9.17) is 4.74 Å². The Balaban J connectivity index is 1.60. The summed E-state index contributed by atoms with van der Waals surface area (Å²) in [6, 6.07) is 10.8. The fourth-order valence-corrected chi connectivity index (χ4v) is 1.97. The zero-order chi connectivity index (χ0) is 16.1. The smallest absolute Gasteiger partial charge is 0.331 e. The Hall–Kier alpha value is -3.28. The topological polar surface area (TPSA) is 84.9 Å². The first-order valence-corrected chi connectivity index (χ1v) is 6.95. The minimum Gasteiger partial charge on any atom is -0.454 e. The van der Waals surface area contributed by atoms with Gasteiger partial charge in [0.15, 0.2) is 6.61 Å². The van der Waals surface area contributed by atoms with Crippen LogP contribution in [0.5, 0.6) is 0 Å². The van der Waals surface area contributed by atoms with Gasteiger partial charge in [0.2, 0.25) is 5.78 Å². The number of H-pyrrole nitrogens is 1. The molecule has 1 N–H and O–H groups in total. The number of nitrogens with zero attached hydrogens (tertiary/aromatic N) is 2. The van der Waals surface area contributed by atoms with Gasteiger partial charge < -0.3 is 9.72 Å². The van der Waals surface area contributed by atoms with Crippen molar-refractivity contribution in [3.8, 4) is 0 Å². The van der Waals surface area contributed by atoms with Crippen molar-refractivity contribution in [3.63, 3.8) is 0 Å². The number of carbonyl (C=O) groups excluding carboxylic acids is 2. The van der Waals surface area contributed by atoms with E-state index in [0.717, 1.165) is 11.0 Å². The summed E-state index contributed by atoms with van der Waals surface area (Å²) < 4.78 is 4.89. The summed E-state index contributed by atoms with van der Waals surface area (Å²) in [5.41, 5.74) is 2.47. The maximum absolute atomic E-state index is 11.7. The van der Waals surface area contributed by atoms with Crippen LogP contribution in [-0.4, -0.2) is 33.3 Å². The molecule has 0 saturated carbocycles. The second kappa shape index (κ2) is 6.65. The molecule has 0 bridgehead atoms. The predicted molar refractivity (Wildman–Crippen MR) is 84.7 cm³/mol. The van der Waals surface area contributed by atoms with E-state index in [1.165, 1.54) is 12.2 Å². The van der Waals surface area contributed by atoms with Crippen molar-refractivity contribution in [3.05, 3.63) is 66.3 Å². The Morgan fingerprint density at radius 3 is 2.74 bits per heavy atom. The zero-order valence-electron chi connectivity index (χ0n) is 12.1. The van der Waals surface area contributed by atoms with Crippen molar-refractivity contribution < 1.29 is 14.3 Å². The molecule has 0 radical (unpaired) electrons. The van der Waals surface area contributed by atoms with Crippen LogP contribution in [0, 0.1) is 0 Å². The van der Waals surface area contributed by atoms with E-state index in [-0.39, 0.29) is 12.4 Å². The molecule has 0 unspecified atom stereocenters. The Bertz CT molecular complexity index is 870. The van der Waals surface area contributed by atoms with Crippen molar-refractivity contribution in [2.45, 2.75) is 0 Å². The van der Waals surface area contributed by atoms with Gasteiger partial charge in [-0.05, 0) is 30.3 Å². The molecule has 1 aromatic carbocycles. The van der Waals surface area contributed by atoms with Gasteiger partial charge in [-0.3, -0.25) is 9.78 Å². The first-order valence-electron chi connectivity index (χ1n) is 6.95. The number of para-hydroxylation sites is 2. The maximum atomic E-state index is 11.7. The number of hydrogen-bond donors (Lipinski definition) is 1. The van der Waals surface area contributed by atoms with Crippen molar-refractivity contribution in [2.24, 2.45) is 0 Å².